The van der Waals surface area contributed by atoms with E-state index in [0.29, 0.717) is 0 Å². The second-order valence-electron chi connectivity index (χ2n) is 7.11. The Labute approximate surface area is 125 Å². The van der Waals surface area contributed by atoms with E-state index in [-0.39, 0.29) is 17.4 Å². The van der Waals surface area contributed by atoms with E-state index >= 15 is 0 Å². The Balaban J connectivity index is 2.29. The van der Waals surface area contributed by atoms with Crippen molar-refractivity contribution in [2.24, 2.45) is 5.41 Å². The van der Waals surface area contributed by atoms with Crippen LogP contribution in [-0.2, 0) is 4.79 Å². The summed E-state index contributed by atoms with van der Waals surface area (Å²) in [5.41, 5.74) is 0.283. The number of hydrogen-bond donors (Lipinski definition) is 1. The predicted molar refractivity (Wildman–Crippen MR) is 85.8 cm³/mol. The quantitative estimate of drug-likeness (QED) is 0.690. The number of nitrogens with zero attached hydrogens (tertiary/aromatic N) is 1. The van der Waals surface area contributed by atoms with Gasteiger partial charge in [0, 0.05) is 19.6 Å². The maximum absolute atomic E-state index is 12.3. The molecule has 0 saturated carbocycles. The Morgan fingerprint density at radius 1 is 1.20 bits per heavy atom. The molecule has 0 aliphatic carbocycles. The van der Waals surface area contributed by atoms with Gasteiger partial charge in [0.2, 0.25) is 5.91 Å². The summed E-state index contributed by atoms with van der Waals surface area (Å²) in [5.74, 6) is 0.286. The van der Waals surface area contributed by atoms with Gasteiger partial charge in [0.15, 0.2) is 0 Å². The minimum Gasteiger partial charge on any atom is -0.341 e. The number of carbonyl (C=O) groups excluding carboxylic acids is 1. The molecule has 0 bridgehead atoms. The first-order valence-corrected chi connectivity index (χ1v) is 8.48. The summed E-state index contributed by atoms with van der Waals surface area (Å²) in [7, 11) is 0. The van der Waals surface area contributed by atoms with Crippen LogP contribution in [0.4, 0.5) is 0 Å². The number of amides is 1. The first-order valence-electron chi connectivity index (χ1n) is 8.48. The Hall–Kier alpha value is -0.570. The molecule has 1 heterocycles. The number of hydrogen-bond acceptors (Lipinski definition) is 2. The highest BCUT2D eigenvalue weighted by Gasteiger charge is 2.24. The van der Waals surface area contributed by atoms with Crippen molar-refractivity contribution < 1.29 is 4.79 Å². The molecule has 0 aromatic carbocycles. The molecule has 1 aliphatic heterocycles. The van der Waals surface area contributed by atoms with Crippen LogP contribution in [0.15, 0.2) is 0 Å². The van der Waals surface area contributed by atoms with Crippen molar-refractivity contribution in [1.29, 1.82) is 0 Å². The average molecular weight is 282 g/mol. The molecule has 0 aromatic heterocycles. The predicted octanol–water partition coefficient (Wildman–Crippen LogP) is 3.58. The maximum Gasteiger partial charge on any atom is 0.239 e. The molecule has 20 heavy (non-hydrogen) atoms. The van der Waals surface area contributed by atoms with Crippen molar-refractivity contribution in [3.8, 4) is 0 Å². The van der Waals surface area contributed by atoms with E-state index in [9.17, 15) is 4.79 Å². The van der Waals surface area contributed by atoms with Crippen molar-refractivity contribution in [2.45, 2.75) is 78.7 Å². The highest BCUT2D eigenvalue weighted by molar-refractivity contribution is 5.81. The van der Waals surface area contributed by atoms with Crippen molar-refractivity contribution in [1.82, 2.24) is 10.2 Å². The Morgan fingerprint density at radius 3 is 2.45 bits per heavy atom. The summed E-state index contributed by atoms with van der Waals surface area (Å²) in [6.07, 6.45) is 8.72. The van der Waals surface area contributed by atoms with Crippen molar-refractivity contribution in [3.63, 3.8) is 0 Å². The fourth-order valence-corrected chi connectivity index (χ4v) is 2.85. The molecule has 1 N–H and O–H groups in total. The second-order valence-corrected chi connectivity index (χ2v) is 7.11. The van der Waals surface area contributed by atoms with E-state index in [1.165, 1.54) is 44.9 Å². The minimum atomic E-state index is -0.0430. The van der Waals surface area contributed by atoms with Crippen LogP contribution in [0.5, 0.6) is 0 Å². The molecule has 118 valence electrons. The van der Waals surface area contributed by atoms with Gasteiger partial charge in [-0.1, -0.05) is 40.0 Å². The normalized spacial score (nSPS) is 18.1. The Morgan fingerprint density at radius 2 is 1.85 bits per heavy atom. The Bertz CT molecular complexity index is 283. The van der Waals surface area contributed by atoms with Crippen LogP contribution in [0.25, 0.3) is 0 Å². The first kappa shape index (κ1) is 17.5. The van der Waals surface area contributed by atoms with E-state index in [0.717, 1.165) is 19.6 Å². The SMILES string of the molecule is CCCCCC(C)(C)CNC(C)C(=O)N1CCCCC1. The Kier molecular flexibility index (Phi) is 7.57. The number of rotatable bonds is 8. The summed E-state index contributed by atoms with van der Waals surface area (Å²) in [4.78, 5) is 14.4. The van der Waals surface area contributed by atoms with Crippen LogP contribution in [-0.4, -0.2) is 36.5 Å². The molecule has 1 fully saturated rings. The molecule has 1 rings (SSSR count). The van der Waals surface area contributed by atoms with Gasteiger partial charge >= 0.3 is 0 Å². The monoisotopic (exact) mass is 282 g/mol. The third-order valence-electron chi connectivity index (χ3n) is 4.38. The molecule has 1 saturated heterocycles. The smallest absolute Gasteiger partial charge is 0.239 e. The lowest BCUT2D eigenvalue weighted by atomic mass is 9.86. The van der Waals surface area contributed by atoms with Crippen LogP contribution >= 0.6 is 0 Å². The topological polar surface area (TPSA) is 32.3 Å². The minimum absolute atomic E-state index is 0.0430. The van der Waals surface area contributed by atoms with E-state index in [1.54, 1.807) is 0 Å². The van der Waals surface area contributed by atoms with Gasteiger partial charge in [0.05, 0.1) is 6.04 Å². The van der Waals surface area contributed by atoms with Crippen LogP contribution in [0, 0.1) is 5.41 Å². The van der Waals surface area contributed by atoms with Crippen molar-refractivity contribution in [3.05, 3.63) is 0 Å². The summed E-state index contributed by atoms with van der Waals surface area (Å²) < 4.78 is 0. The molecule has 1 amide bonds. The van der Waals surface area contributed by atoms with Gasteiger partial charge < -0.3 is 10.2 Å². The van der Waals surface area contributed by atoms with Crippen LogP contribution in [0.2, 0.25) is 0 Å². The molecule has 1 atom stereocenters. The average Bonchev–Trinajstić information content (AvgIpc) is 2.45. The van der Waals surface area contributed by atoms with Gasteiger partial charge in [-0.3, -0.25) is 4.79 Å². The van der Waals surface area contributed by atoms with Crippen molar-refractivity contribution >= 4 is 5.91 Å². The highest BCUT2D eigenvalue weighted by atomic mass is 16.2. The maximum atomic E-state index is 12.3. The number of unbranched alkanes of at least 4 members (excludes halogenated alkanes) is 2. The van der Waals surface area contributed by atoms with Crippen LogP contribution in [0.1, 0.15) is 72.6 Å². The molecule has 0 radical (unpaired) electrons. The summed E-state index contributed by atoms with van der Waals surface area (Å²) in [6.45, 7) is 11.7. The fraction of sp³-hybridized carbons (Fsp3) is 0.941. The molecule has 0 spiro atoms. The van der Waals surface area contributed by atoms with E-state index < -0.39 is 0 Å². The molecular weight excluding hydrogens is 248 g/mol. The van der Waals surface area contributed by atoms with Gasteiger partial charge in [-0.2, -0.15) is 0 Å². The lowest BCUT2D eigenvalue weighted by Gasteiger charge is -2.31. The highest BCUT2D eigenvalue weighted by Crippen LogP contribution is 2.23. The van der Waals surface area contributed by atoms with Gasteiger partial charge in [-0.05, 0) is 38.0 Å². The lowest BCUT2D eigenvalue weighted by molar-refractivity contribution is -0.134. The number of carbonyl (C=O) groups is 1. The molecule has 3 nitrogen and oxygen atoms in total. The van der Waals surface area contributed by atoms with Crippen molar-refractivity contribution in [2.75, 3.05) is 19.6 Å². The van der Waals surface area contributed by atoms with Gasteiger partial charge in [0.25, 0.3) is 0 Å². The van der Waals surface area contributed by atoms with E-state index in [1.807, 2.05) is 11.8 Å². The fourth-order valence-electron chi connectivity index (χ4n) is 2.85. The largest absolute Gasteiger partial charge is 0.341 e. The molecular formula is C17H34N2O. The van der Waals surface area contributed by atoms with Gasteiger partial charge in [-0.25, -0.2) is 0 Å². The molecule has 1 aliphatic rings. The molecule has 3 heteroatoms. The summed E-state index contributed by atoms with van der Waals surface area (Å²) in [6, 6.07) is -0.0430. The lowest BCUT2D eigenvalue weighted by Crippen LogP contribution is -2.48. The zero-order valence-corrected chi connectivity index (χ0v) is 14.0. The number of piperidine rings is 1. The summed E-state index contributed by atoms with van der Waals surface area (Å²) in [5, 5.41) is 3.46. The summed E-state index contributed by atoms with van der Waals surface area (Å²) >= 11 is 0. The molecule has 0 aromatic rings. The van der Waals surface area contributed by atoms with Crippen LogP contribution in [0.3, 0.4) is 0 Å². The third-order valence-corrected chi connectivity index (χ3v) is 4.38. The van der Waals surface area contributed by atoms with Crippen LogP contribution < -0.4 is 5.32 Å². The second kappa shape index (κ2) is 8.66. The standard InChI is InChI=1S/C17H34N2O/c1-5-6-8-11-17(3,4)14-18-15(2)16(20)19-12-9-7-10-13-19/h15,18H,5-14H2,1-4H3. The number of nitrogens with one attached hydrogen (secondary N) is 1. The van der Waals surface area contributed by atoms with E-state index in [2.05, 4.69) is 26.1 Å². The molecule has 1 unspecified atom stereocenters. The zero-order valence-electron chi connectivity index (χ0n) is 14.0. The zero-order chi connectivity index (χ0) is 15.0. The van der Waals surface area contributed by atoms with Gasteiger partial charge in [-0.15, -0.1) is 0 Å². The third kappa shape index (κ3) is 6.25. The van der Waals surface area contributed by atoms with Gasteiger partial charge in [0.1, 0.15) is 0 Å². The first-order chi connectivity index (χ1) is 9.46. The van der Waals surface area contributed by atoms with E-state index in [4.69, 9.17) is 0 Å². The number of likely N-dealkylation sites (tertiary alicyclic amines) is 1.